The Bertz CT molecular complexity index is 1360. The second-order valence-corrected chi connectivity index (χ2v) is 20.2. The van der Waals surface area contributed by atoms with E-state index in [1.54, 1.807) is 0 Å². The highest BCUT2D eigenvalue weighted by Crippen LogP contribution is 2.57. The van der Waals surface area contributed by atoms with Crippen molar-refractivity contribution in [2.75, 3.05) is 25.0 Å². The van der Waals surface area contributed by atoms with Gasteiger partial charge in [-0.15, -0.1) is 81.1 Å². The first kappa shape index (κ1) is 30.8. The van der Waals surface area contributed by atoms with Gasteiger partial charge in [0, 0.05) is 29.3 Å². The summed E-state index contributed by atoms with van der Waals surface area (Å²) in [4.78, 5) is 7.74. The van der Waals surface area contributed by atoms with E-state index in [0.29, 0.717) is 0 Å². The summed E-state index contributed by atoms with van der Waals surface area (Å²) in [6.45, 7) is 0. The maximum atomic E-state index is 2.32. The topological polar surface area (TPSA) is 0 Å². The third kappa shape index (κ3) is 8.46. The van der Waals surface area contributed by atoms with E-state index in [0.717, 1.165) is 0 Å². The predicted octanol–water partition coefficient (Wildman–Crippen LogP) is 13.5. The van der Waals surface area contributed by atoms with E-state index in [2.05, 4.69) is 97.9 Å². The third-order valence-corrected chi connectivity index (χ3v) is 18.3. The maximum Gasteiger partial charge on any atom is 0.0657 e. The molecule has 202 valence electrons. The molecule has 2 aliphatic rings. The van der Waals surface area contributed by atoms with Crippen molar-refractivity contribution in [1.29, 1.82) is 0 Å². The van der Waals surface area contributed by atoms with Crippen LogP contribution in [0.2, 0.25) is 0 Å². The lowest BCUT2D eigenvalue weighted by atomic mass is 10.3. The summed E-state index contributed by atoms with van der Waals surface area (Å²) in [5.74, 6) is 0. The Morgan fingerprint density at radius 3 is 0.949 bits per heavy atom. The fourth-order valence-corrected chi connectivity index (χ4v) is 16.1. The molecular formula is C28H24S11. The average molecular weight is 713 g/mol. The molecule has 0 radical (unpaired) electrons. The molecule has 0 atom stereocenters. The molecule has 0 aromatic carbocycles. The minimum Gasteiger partial charge on any atom is -0.137 e. The van der Waals surface area contributed by atoms with Crippen LogP contribution >= 0.6 is 128 Å². The van der Waals surface area contributed by atoms with Crippen LogP contribution in [0.4, 0.5) is 0 Å². The van der Waals surface area contributed by atoms with Crippen LogP contribution in [0.25, 0.3) is 36.5 Å². The van der Waals surface area contributed by atoms with E-state index in [1.807, 2.05) is 128 Å². The molecule has 0 bridgehead atoms. The molecule has 0 saturated heterocycles. The molecule has 0 spiro atoms. The van der Waals surface area contributed by atoms with Gasteiger partial charge in [-0.05, 0) is 97.9 Å². The summed E-state index contributed by atoms with van der Waals surface area (Å²) in [5, 5.41) is 0. The zero-order valence-electron chi connectivity index (χ0n) is 21.4. The van der Waals surface area contributed by atoms with Gasteiger partial charge in [-0.2, -0.15) is 0 Å². The summed E-state index contributed by atoms with van der Waals surface area (Å²) in [6.07, 6.45) is 22.2. The van der Waals surface area contributed by atoms with Crippen molar-refractivity contribution in [2.45, 2.75) is 0 Å². The minimum atomic E-state index is 1.27. The van der Waals surface area contributed by atoms with Crippen molar-refractivity contribution < 1.29 is 0 Å². The molecule has 3 aromatic rings. The molecule has 5 heterocycles. The minimum absolute atomic E-state index is 1.27. The number of hydrogen-bond donors (Lipinski definition) is 0. The van der Waals surface area contributed by atoms with Crippen LogP contribution in [-0.4, -0.2) is 25.0 Å². The van der Waals surface area contributed by atoms with Gasteiger partial charge >= 0.3 is 0 Å². The monoisotopic (exact) mass is 712 g/mol. The number of thioether (sulfide) groups is 8. The number of rotatable bonds is 10. The van der Waals surface area contributed by atoms with E-state index in [9.17, 15) is 0 Å². The van der Waals surface area contributed by atoms with Gasteiger partial charge in [0.2, 0.25) is 0 Å². The van der Waals surface area contributed by atoms with Gasteiger partial charge in [-0.1, -0.05) is 47.0 Å². The summed E-state index contributed by atoms with van der Waals surface area (Å²) >= 11 is 20.5. The van der Waals surface area contributed by atoms with Crippen LogP contribution in [0.3, 0.4) is 0 Å². The van der Waals surface area contributed by atoms with Crippen molar-refractivity contribution in [3.05, 3.63) is 91.1 Å². The third-order valence-electron chi connectivity index (χ3n) is 5.13. The van der Waals surface area contributed by atoms with Gasteiger partial charge in [0.15, 0.2) is 0 Å². The first-order valence-corrected chi connectivity index (χ1v) is 22.1. The van der Waals surface area contributed by atoms with Crippen LogP contribution in [-0.2, 0) is 0 Å². The standard InChI is InChI=1S/C28H24S11/c1-29-25-26(30-2)37-23(36-25)15-21-13-11-19(34-21)9-7-17-5-6-18(33-17)8-10-20-12-14-22(35-20)16-24-38-27(31-3)28(32-4)39-24/h5-16H,1-4H3/b9-7+,10-8+. The van der Waals surface area contributed by atoms with E-state index in [1.165, 1.54) is 54.7 Å². The predicted molar refractivity (Wildman–Crippen MR) is 205 cm³/mol. The van der Waals surface area contributed by atoms with E-state index in [-0.39, 0.29) is 0 Å². The maximum absolute atomic E-state index is 2.32. The highest BCUT2D eigenvalue weighted by molar-refractivity contribution is 8.41. The second kappa shape index (κ2) is 15.2. The molecule has 0 amide bonds. The molecule has 0 nitrogen and oxygen atoms in total. The largest absolute Gasteiger partial charge is 0.137 e. The Balaban J connectivity index is 1.16. The Morgan fingerprint density at radius 1 is 0.410 bits per heavy atom. The number of hydrogen-bond acceptors (Lipinski definition) is 11. The highest BCUT2D eigenvalue weighted by atomic mass is 32.3. The molecule has 11 heteroatoms. The molecule has 3 aromatic heterocycles. The van der Waals surface area contributed by atoms with Gasteiger partial charge in [-0.3, -0.25) is 0 Å². The van der Waals surface area contributed by atoms with E-state index >= 15 is 0 Å². The van der Waals surface area contributed by atoms with Crippen molar-refractivity contribution in [1.82, 2.24) is 0 Å². The first-order chi connectivity index (χ1) is 19.1. The SMILES string of the molecule is CSC1=C(SC)SC(=Cc2ccc(/C=C/c3ccc(/C=C/c4ccc(C=C5SC(SC)=C(SC)S5)s4)s3)s2)S1. The molecule has 0 unspecified atom stereocenters. The normalized spacial score (nSPS) is 16.2. The highest BCUT2D eigenvalue weighted by Gasteiger charge is 2.21. The average Bonchev–Trinajstić information content (AvgIpc) is 3.78. The summed E-state index contributed by atoms with van der Waals surface area (Å²) in [7, 11) is 0. The molecule has 0 saturated carbocycles. The van der Waals surface area contributed by atoms with Crippen LogP contribution < -0.4 is 0 Å². The molecule has 5 rings (SSSR count). The van der Waals surface area contributed by atoms with Crippen LogP contribution in [0, 0.1) is 0 Å². The Kier molecular flexibility index (Phi) is 12.0. The summed E-state index contributed by atoms with van der Waals surface area (Å²) in [5.41, 5.74) is 0. The zero-order valence-corrected chi connectivity index (χ0v) is 30.4. The van der Waals surface area contributed by atoms with Gasteiger partial charge in [0.25, 0.3) is 0 Å². The fourth-order valence-electron chi connectivity index (χ4n) is 3.37. The Hall–Kier alpha value is 0.340. The summed E-state index contributed by atoms with van der Waals surface area (Å²) < 4.78 is 8.42. The number of thiophene rings is 3. The van der Waals surface area contributed by atoms with Crippen molar-refractivity contribution >= 4 is 165 Å². The second-order valence-electron chi connectivity index (χ2n) is 7.69. The van der Waals surface area contributed by atoms with Gasteiger partial charge in [0.05, 0.1) is 25.4 Å². The smallest absolute Gasteiger partial charge is 0.0657 e. The lowest BCUT2D eigenvalue weighted by Crippen LogP contribution is -1.63. The molecule has 39 heavy (non-hydrogen) atoms. The molecule has 0 aliphatic carbocycles. The van der Waals surface area contributed by atoms with Crippen molar-refractivity contribution in [3.8, 4) is 0 Å². The van der Waals surface area contributed by atoms with Gasteiger partial charge in [-0.25, -0.2) is 0 Å². The van der Waals surface area contributed by atoms with Gasteiger partial charge < -0.3 is 0 Å². The Morgan fingerprint density at radius 2 is 0.667 bits per heavy atom. The fraction of sp³-hybridized carbons (Fsp3) is 0.143. The van der Waals surface area contributed by atoms with Crippen molar-refractivity contribution in [2.24, 2.45) is 0 Å². The van der Waals surface area contributed by atoms with E-state index < -0.39 is 0 Å². The van der Waals surface area contributed by atoms with Crippen LogP contribution in [0.1, 0.15) is 29.3 Å². The molecule has 0 N–H and O–H groups in total. The lowest BCUT2D eigenvalue weighted by Gasteiger charge is -1.94. The summed E-state index contributed by atoms with van der Waals surface area (Å²) in [6, 6.07) is 13.3. The van der Waals surface area contributed by atoms with Crippen LogP contribution in [0.15, 0.2) is 61.8 Å². The molecule has 0 fully saturated rings. The first-order valence-electron chi connectivity index (χ1n) is 11.5. The van der Waals surface area contributed by atoms with Crippen LogP contribution in [0.5, 0.6) is 0 Å². The van der Waals surface area contributed by atoms with Crippen molar-refractivity contribution in [3.63, 3.8) is 0 Å². The molecular weight excluding hydrogens is 689 g/mol. The Labute approximate surface area is 277 Å². The van der Waals surface area contributed by atoms with E-state index in [4.69, 9.17) is 0 Å². The molecule has 2 aliphatic heterocycles. The van der Waals surface area contributed by atoms with Gasteiger partial charge in [0.1, 0.15) is 0 Å². The zero-order chi connectivity index (χ0) is 27.2. The lowest BCUT2D eigenvalue weighted by molar-refractivity contribution is 1.90. The quantitative estimate of drug-likeness (QED) is 0.201.